The second-order valence-corrected chi connectivity index (χ2v) is 11.5. The van der Waals surface area contributed by atoms with Gasteiger partial charge in [0.05, 0.1) is 40.3 Å². The number of esters is 1. The number of unbranched alkanes of at least 4 members (excludes halogenated alkanes) is 14. The Morgan fingerprint density at radius 3 is 1.79 bits per heavy atom. The van der Waals surface area contributed by atoms with Gasteiger partial charge in [-0.15, -0.1) is 0 Å². The number of allylic oxidation sites excluding steroid dienone is 2. The van der Waals surface area contributed by atoms with Crippen LogP contribution in [0.2, 0.25) is 0 Å². The maximum Gasteiger partial charge on any atom is 0.305 e. The van der Waals surface area contributed by atoms with Gasteiger partial charge in [0, 0.05) is 12.8 Å². The highest BCUT2D eigenvalue weighted by Crippen LogP contribution is 2.12. The van der Waals surface area contributed by atoms with Gasteiger partial charge in [-0.2, -0.15) is 0 Å². The topological polar surface area (TPSA) is 95.9 Å². The summed E-state index contributed by atoms with van der Waals surface area (Å²) in [5, 5.41) is 21.1. The Bertz CT molecular complexity index is 602. The number of nitrogens with zero attached hydrogens (tertiary/aromatic N) is 1. The highest BCUT2D eigenvalue weighted by atomic mass is 16.5. The van der Waals surface area contributed by atoms with Crippen LogP contribution in [-0.4, -0.2) is 74.6 Å². The van der Waals surface area contributed by atoms with E-state index < -0.39 is 18.1 Å². The van der Waals surface area contributed by atoms with Gasteiger partial charge in [-0.25, -0.2) is 0 Å². The normalized spacial score (nSPS) is 13.6. The van der Waals surface area contributed by atoms with E-state index in [9.17, 15) is 19.8 Å². The van der Waals surface area contributed by atoms with E-state index in [2.05, 4.69) is 19.1 Å². The minimum absolute atomic E-state index is 0.000818. The van der Waals surface area contributed by atoms with Gasteiger partial charge in [-0.1, -0.05) is 89.7 Å². The summed E-state index contributed by atoms with van der Waals surface area (Å²) in [5.41, 5.74) is 0. The first-order valence-electron chi connectivity index (χ1n) is 15.3. The zero-order chi connectivity index (χ0) is 28.5. The smallest absolute Gasteiger partial charge is 0.305 e. The molecule has 0 saturated heterocycles. The Morgan fingerprint density at radius 2 is 1.29 bits per heavy atom. The van der Waals surface area contributed by atoms with Crippen molar-refractivity contribution in [2.45, 2.75) is 135 Å². The number of aliphatic hydroxyl groups excluding tert-OH is 1. The fourth-order valence-corrected chi connectivity index (χ4v) is 4.42. The van der Waals surface area contributed by atoms with Gasteiger partial charge in [0.1, 0.15) is 18.8 Å². The predicted molar refractivity (Wildman–Crippen MR) is 153 cm³/mol. The van der Waals surface area contributed by atoms with E-state index in [1.54, 1.807) is 21.1 Å². The SMILES string of the molecule is CCCCCCCCC/C=C\CCCCCCCCCC(=O)OCC(O)COCCC(C(=O)[O-])[N+](C)(C)C. The molecule has 7 heteroatoms. The Balaban J connectivity index is 3.50. The maximum absolute atomic E-state index is 11.9. The summed E-state index contributed by atoms with van der Waals surface area (Å²) in [5.74, 6) is -1.41. The van der Waals surface area contributed by atoms with Crippen LogP contribution >= 0.6 is 0 Å². The fourth-order valence-electron chi connectivity index (χ4n) is 4.42. The van der Waals surface area contributed by atoms with E-state index in [1.807, 2.05) is 0 Å². The number of quaternary nitrogens is 1. The van der Waals surface area contributed by atoms with Crippen LogP contribution in [0.1, 0.15) is 122 Å². The Kier molecular flexibility index (Phi) is 23.7. The molecule has 0 aliphatic rings. The number of ether oxygens (including phenoxy) is 2. The number of rotatable bonds is 27. The third-order valence-electron chi connectivity index (χ3n) is 6.88. The highest BCUT2D eigenvalue weighted by molar-refractivity contribution is 5.69. The lowest BCUT2D eigenvalue weighted by Gasteiger charge is -2.34. The average molecular weight is 542 g/mol. The summed E-state index contributed by atoms with van der Waals surface area (Å²) in [4.78, 5) is 23.1. The zero-order valence-electron chi connectivity index (χ0n) is 25.1. The molecule has 0 spiro atoms. The molecule has 1 N–H and O–H groups in total. The van der Waals surface area contributed by atoms with Crippen LogP contribution in [0.25, 0.3) is 0 Å². The maximum atomic E-state index is 11.9. The Labute approximate surface area is 233 Å². The molecule has 0 aromatic carbocycles. The summed E-state index contributed by atoms with van der Waals surface area (Å²) in [6.45, 7) is 2.35. The molecular weight excluding hydrogens is 482 g/mol. The molecule has 2 unspecified atom stereocenters. The first-order chi connectivity index (χ1) is 18.2. The minimum Gasteiger partial charge on any atom is -0.544 e. The molecule has 0 heterocycles. The number of carboxylic acids is 1. The molecule has 0 saturated carbocycles. The average Bonchev–Trinajstić information content (AvgIpc) is 2.85. The number of aliphatic carboxylic acids is 1. The van der Waals surface area contributed by atoms with Crippen molar-refractivity contribution in [3.8, 4) is 0 Å². The second kappa shape index (κ2) is 24.6. The van der Waals surface area contributed by atoms with Crippen molar-refractivity contribution >= 4 is 11.9 Å². The Hall–Kier alpha value is -1.44. The van der Waals surface area contributed by atoms with Crippen molar-refractivity contribution in [1.82, 2.24) is 0 Å². The summed E-state index contributed by atoms with van der Waals surface area (Å²) in [6.07, 6.45) is 24.4. The third-order valence-corrected chi connectivity index (χ3v) is 6.88. The monoisotopic (exact) mass is 541 g/mol. The van der Waals surface area contributed by atoms with Crippen LogP contribution in [-0.2, 0) is 19.1 Å². The van der Waals surface area contributed by atoms with Crippen molar-refractivity contribution < 1.29 is 33.8 Å². The van der Waals surface area contributed by atoms with Crippen LogP contribution in [0.15, 0.2) is 12.2 Å². The van der Waals surface area contributed by atoms with Crippen LogP contribution in [0, 0.1) is 0 Å². The summed E-state index contributed by atoms with van der Waals surface area (Å²) < 4.78 is 10.7. The van der Waals surface area contributed by atoms with Crippen molar-refractivity contribution in [3.05, 3.63) is 12.2 Å². The van der Waals surface area contributed by atoms with Crippen molar-refractivity contribution in [3.63, 3.8) is 0 Å². The van der Waals surface area contributed by atoms with Crippen LogP contribution in [0.4, 0.5) is 0 Å². The third kappa shape index (κ3) is 23.7. The van der Waals surface area contributed by atoms with Crippen molar-refractivity contribution in [2.24, 2.45) is 0 Å². The zero-order valence-corrected chi connectivity index (χ0v) is 25.1. The van der Waals surface area contributed by atoms with E-state index in [0.29, 0.717) is 6.42 Å². The van der Waals surface area contributed by atoms with E-state index in [0.717, 1.165) is 19.3 Å². The van der Waals surface area contributed by atoms with E-state index in [4.69, 9.17) is 9.47 Å². The number of likely N-dealkylation sites (N-methyl/N-ethyl adjacent to an activating group) is 1. The molecule has 0 radical (unpaired) electrons. The molecule has 0 bridgehead atoms. The standard InChI is InChI=1S/C31H59NO6/c1-5-6-7-8-9-10-11-12-13-14-15-16-17-18-19-20-21-22-23-30(34)38-27-28(33)26-37-25-24-29(31(35)36)32(2,3)4/h13-14,28-29,33H,5-12,15-27H2,1-4H3/b14-13-. The highest BCUT2D eigenvalue weighted by Gasteiger charge is 2.24. The predicted octanol–water partition coefficient (Wildman–Crippen LogP) is 5.33. The van der Waals surface area contributed by atoms with E-state index >= 15 is 0 Å². The minimum atomic E-state index is -1.12. The van der Waals surface area contributed by atoms with Gasteiger partial charge in [0.15, 0.2) is 0 Å². The number of carbonyl (C=O) groups excluding carboxylic acids is 2. The quantitative estimate of drug-likeness (QED) is 0.0654. The molecule has 38 heavy (non-hydrogen) atoms. The molecule has 0 aromatic heterocycles. The number of hydrogen-bond donors (Lipinski definition) is 1. The number of carbonyl (C=O) groups is 2. The molecule has 0 aliphatic carbocycles. The van der Waals surface area contributed by atoms with Gasteiger partial charge >= 0.3 is 5.97 Å². The van der Waals surface area contributed by atoms with Crippen molar-refractivity contribution in [1.29, 1.82) is 0 Å². The van der Waals surface area contributed by atoms with E-state index in [-0.39, 0.29) is 36.7 Å². The Morgan fingerprint density at radius 1 is 0.789 bits per heavy atom. The molecule has 0 aliphatic heterocycles. The molecule has 0 amide bonds. The molecule has 2 atom stereocenters. The molecule has 0 fully saturated rings. The number of aliphatic hydroxyl groups is 1. The number of hydrogen-bond acceptors (Lipinski definition) is 6. The van der Waals surface area contributed by atoms with Gasteiger partial charge in [0.2, 0.25) is 0 Å². The summed E-state index contributed by atoms with van der Waals surface area (Å²) in [6, 6.07) is -0.684. The van der Waals surface area contributed by atoms with Gasteiger partial charge in [0.25, 0.3) is 0 Å². The molecule has 224 valence electrons. The molecular formula is C31H59NO6. The largest absolute Gasteiger partial charge is 0.544 e. The van der Waals surface area contributed by atoms with Crippen molar-refractivity contribution in [2.75, 3.05) is 41.0 Å². The first-order valence-corrected chi connectivity index (χ1v) is 15.3. The lowest BCUT2D eigenvalue weighted by atomic mass is 10.1. The van der Waals surface area contributed by atoms with E-state index in [1.165, 1.54) is 83.5 Å². The lowest BCUT2D eigenvalue weighted by molar-refractivity contribution is -0.889. The first kappa shape index (κ1) is 36.6. The number of carboxylic acid groups (broad SMARTS) is 1. The molecule has 0 rings (SSSR count). The van der Waals surface area contributed by atoms with Crippen LogP contribution in [0.3, 0.4) is 0 Å². The molecule has 7 nitrogen and oxygen atoms in total. The second-order valence-electron chi connectivity index (χ2n) is 11.5. The van der Waals surface area contributed by atoms with Crippen LogP contribution < -0.4 is 5.11 Å². The lowest BCUT2D eigenvalue weighted by Crippen LogP contribution is -2.55. The fraction of sp³-hybridized carbons (Fsp3) is 0.871. The summed E-state index contributed by atoms with van der Waals surface area (Å²) >= 11 is 0. The van der Waals surface area contributed by atoms with Crippen LogP contribution in [0.5, 0.6) is 0 Å². The van der Waals surface area contributed by atoms with Gasteiger partial charge < -0.3 is 29.0 Å². The van der Waals surface area contributed by atoms with Gasteiger partial charge in [-0.05, 0) is 32.1 Å². The molecule has 0 aromatic rings. The van der Waals surface area contributed by atoms with Gasteiger partial charge in [-0.3, -0.25) is 4.79 Å². The summed E-state index contributed by atoms with van der Waals surface area (Å²) in [7, 11) is 5.35.